The second-order valence-corrected chi connectivity index (χ2v) is 7.43. The number of likely N-dealkylation sites (tertiary alicyclic amines) is 1. The lowest BCUT2D eigenvalue weighted by Crippen LogP contribution is -2.47. The molecule has 0 spiro atoms. The second kappa shape index (κ2) is 7.15. The molecule has 0 radical (unpaired) electrons. The Kier molecular flexibility index (Phi) is 5.29. The summed E-state index contributed by atoms with van der Waals surface area (Å²) in [6, 6.07) is 2.25. The van der Waals surface area contributed by atoms with Crippen molar-refractivity contribution in [1.82, 2.24) is 15.1 Å². The molecule has 2 aromatic rings. The van der Waals surface area contributed by atoms with Crippen molar-refractivity contribution >= 4 is 32.5 Å². The van der Waals surface area contributed by atoms with Gasteiger partial charge in [0, 0.05) is 35.5 Å². The van der Waals surface area contributed by atoms with Crippen molar-refractivity contribution < 1.29 is 13.2 Å². The maximum Gasteiger partial charge on any atom is 0.401 e. The van der Waals surface area contributed by atoms with Gasteiger partial charge in [-0.15, -0.1) is 0 Å². The molecule has 1 saturated heterocycles. The first-order valence-electron chi connectivity index (χ1n) is 8.48. The maximum atomic E-state index is 12.6. The molecule has 3 rings (SSSR count). The van der Waals surface area contributed by atoms with Crippen LogP contribution in [-0.4, -0.2) is 53.5 Å². The first-order chi connectivity index (χ1) is 11.8. The predicted octanol–water partition coefficient (Wildman–Crippen LogP) is 4.49. The summed E-state index contributed by atoms with van der Waals surface area (Å²) in [5.41, 5.74) is 3.21. The number of nitrogens with zero attached hydrogens (tertiary/aromatic N) is 3. The molecule has 1 N–H and O–H groups in total. The van der Waals surface area contributed by atoms with E-state index in [1.807, 2.05) is 12.3 Å². The van der Waals surface area contributed by atoms with Gasteiger partial charge in [0.25, 0.3) is 0 Å². The molecule has 138 valence electrons. The lowest BCUT2D eigenvalue weighted by Gasteiger charge is -2.40. The summed E-state index contributed by atoms with van der Waals surface area (Å²) in [5.74, 6) is 0. The minimum Gasteiger partial charge on any atom is -0.368 e. The zero-order valence-electron chi connectivity index (χ0n) is 14.3. The van der Waals surface area contributed by atoms with Crippen molar-refractivity contribution in [2.24, 2.45) is 0 Å². The first kappa shape index (κ1) is 18.5. The van der Waals surface area contributed by atoms with Crippen LogP contribution in [0.4, 0.5) is 18.9 Å². The van der Waals surface area contributed by atoms with Gasteiger partial charge >= 0.3 is 6.18 Å². The smallest absolute Gasteiger partial charge is 0.368 e. The fraction of sp³-hybridized carbons (Fsp3) is 0.588. The van der Waals surface area contributed by atoms with Crippen molar-refractivity contribution in [1.29, 1.82) is 0 Å². The van der Waals surface area contributed by atoms with Crippen LogP contribution in [0.2, 0.25) is 0 Å². The van der Waals surface area contributed by atoms with Crippen LogP contribution in [0.1, 0.15) is 25.3 Å². The molecule has 0 bridgehead atoms. The number of hydrogen-bond donors (Lipinski definition) is 1. The number of piperidine rings is 1. The zero-order chi connectivity index (χ0) is 18.2. The highest BCUT2D eigenvalue weighted by atomic mass is 79.9. The normalized spacial score (nSPS) is 17.4. The molecular weight excluding hydrogens is 397 g/mol. The number of H-pyrrole nitrogens is 1. The van der Waals surface area contributed by atoms with Gasteiger partial charge in [-0.05, 0) is 38.3 Å². The molecule has 0 unspecified atom stereocenters. The third-order valence-corrected chi connectivity index (χ3v) is 5.76. The van der Waals surface area contributed by atoms with E-state index < -0.39 is 12.7 Å². The summed E-state index contributed by atoms with van der Waals surface area (Å²) in [4.78, 5) is 3.83. The summed E-state index contributed by atoms with van der Waals surface area (Å²) < 4.78 is 38.8. The Hall–Kier alpha value is -1.28. The van der Waals surface area contributed by atoms with Crippen molar-refractivity contribution in [2.75, 3.05) is 31.1 Å². The number of halogens is 4. The van der Waals surface area contributed by atoms with Gasteiger partial charge in [0.1, 0.15) is 0 Å². The average Bonchev–Trinajstić information content (AvgIpc) is 2.99. The molecule has 0 aliphatic carbocycles. The minimum absolute atomic E-state index is 0.237. The largest absolute Gasteiger partial charge is 0.401 e. The van der Waals surface area contributed by atoms with E-state index in [4.69, 9.17) is 0 Å². The summed E-state index contributed by atoms with van der Waals surface area (Å²) in [6.45, 7) is 5.10. The summed E-state index contributed by atoms with van der Waals surface area (Å²) >= 11 is 3.61. The lowest BCUT2D eigenvalue weighted by molar-refractivity contribution is -0.147. The van der Waals surface area contributed by atoms with Crippen LogP contribution in [0.3, 0.4) is 0 Å². The van der Waals surface area contributed by atoms with E-state index in [9.17, 15) is 13.2 Å². The minimum atomic E-state index is -4.12. The second-order valence-electron chi connectivity index (χ2n) is 6.57. The van der Waals surface area contributed by atoms with E-state index in [-0.39, 0.29) is 6.04 Å². The van der Waals surface area contributed by atoms with Crippen molar-refractivity contribution in [2.45, 2.75) is 38.9 Å². The maximum absolute atomic E-state index is 12.6. The number of anilines is 1. The van der Waals surface area contributed by atoms with E-state index in [0.29, 0.717) is 13.1 Å². The quantitative estimate of drug-likeness (QED) is 0.794. The lowest BCUT2D eigenvalue weighted by atomic mass is 10.00. The van der Waals surface area contributed by atoms with Gasteiger partial charge in [-0.25, -0.2) is 0 Å². The van der Waals surface area contributed by atoms with Gasteiger partial charge in [-0.1, -0.05) is 15.9 Å². The van der Waals surface area contributed by atoms with Crippen molar-refractivity contribution in [3.8, 4) is 0 Å². The van der Waals surface area contributed by atoms with E-state index in [2.05, 4.69) is 44.9 Å². The number of rotatable bonds is 4. The van der Waals surface area contributed by atoms with Crippen molar-refractivity contribution in [3.05, 3.63) is 22.3 Å². The summed E-state index contributed by atoms with van der Waals surface area (Å²) in [6.07, 6.45) is -0.836. The molecule has 0 atom stereocenters. The van der Waals surface area contributed by atoms with Crippen LogP contribution < -0.4 is 4.90 Å². The molecule has 1 aliphatic heterocycles. The molecule has 2 heterocycles. The molecular formula is C17H22BrF3N4. The number of benzene rings is 1. The number of nitrogens with one attached hydrogen (secondary N) is 1. The number of aromatic nitrogens is 2. The number of alkyl halides is 3. The topological polar surface area (TPSA) is 35.2 Å². The van der Waals surface area contributed by atoms with Crippen LogP contribution in [0.5, 0.6) is 0 Å². The predicted molar refractivity (Wildman–Crippen MR) is 97.1 cm³/mol. The zero-order valence-corrected chi connectivity index (χ0v) is 15.9. The Balaban J connectivity index is 1.83. The van der Waals surface area contributed by atoms with Crippen LogP contribution in [0, 0.1) is 6.92 Å². The molecule has 0 amide bonds. The average molecular weight is 419 g/mol. The molecule has 1 aromatic heterocycles. The van der Waals surface area contributed by atoms with Gasteiger partial charge in [0.15, 0.2) is 0 Å². The monoisotopic (exact) mass is 418 g/mol. The van der Waals surface area contributed by atoms with E-state index >= 15 is 0 Å². The number of hydrogen-bond acceptors (Lipinski definition) is 3. The fourth-order valence-electron chi connectivity index (χ4n) is 3.76. The standard InChI is InChI=1S/C17H22BrF3N4/c1-3-25(12-4-6-24(7-5-12)10-17(19,20)21)16-11(2)14(18)8-15-13(16)9-22-23-15/h8-9,12H,3-7,10H2,1-2H3,(H,22,23). The van der Waals surface area contributed by atoms with Crippen LogP contribution >= 0.6 is 15.9 Å². The van der Waals surface area contributed by atoms with Crippen LogP contribution in [0.15, 0.2) is 16.7 Å². The van der Waals surface area contributed by atoms with E-state index in [0.717, 1.165) is 46.0 Å². The highest BCUT2D eigenvalue weighted by Gasteiger charge is 2.34. The Morgan fingerprint density at radius 2 is 2.04 bits per heavy atom. The van der Waals surface area contributed by atoms with Gasteiger partial charge in [0.05, 0.1) is 23.9 Å². The molecule has 4 nitrogen and oxygen atoms in total. The van der Waals surface area contributed by atoms with Gasteiger partial charge in [0.2, 0.25) is 0 Å². The molecule has 1 aliphatic rings. The fourth-order valence-corrected chi connectivity index (χ4v) is 4.17. The molecule has 1 fully saturated rings. The van der Waals surface area contributed by atoms with Crippen LogP contribution in [0.25, 0.3) is 10.9 Å². The SMILES string of the molecule is CCN(c1c(C)c(Br)cc2[nH]ncc12)C1CCN(CC(F)(F)F)CC1. The highest BCUT2D eigenvalue weighted by Crippen LogP contribution is 2.37. The van der Waals surface area contributed by atoms with Gasteiger partial charge in [-0.2, -0.15) is 18.3 Å². The number of aromatic amines is 1. The molecule has 1 aromatic carbocycles. The van der Waals surface area contributed by atoms with Gasteiger partial charge < -0.3 is 4.90 Å². The van der Waals surface area contributed by atoms with Gasteiger partial charge in [-0.3, -0.25) is 10.00 Å². The van der Waals surface area contributed by atoms with E-state index in [1.54, 1.807) is 0 Å². The van der Waals surface area contributed by atoms with Crippen molar-refractivity contribution in [3.63, 3.8) is 0 Å². The van der Waals surface area contributed by atoms with E-state index in [1.165, 1.54) is 4.90 Å². The molecule has 8 heteroatoms. The van der Waals surface area contributed by atoms with Crippen LogP contribution in [-0.2, 0) is 0 Å². The highest BCUT2D eigenvalue weighted by molar-refractivity contribution is 9.10. The Bertz CT molecular complexity index is 735. The third-order valence-electron chi connectivity index (χ3n) is 4.94. The Morgan fingerprint density at radius 1 is 1.36 bits per heavy atom. The third kappa shape index (κ3) is 3.95. The molecule has 0 saturated carbocycles. The summed E-state index contributed by atoms with van der Waals surface area (Å²) in [5, 5.41) is 8.21. The summed E-state index contributed by atoms with van der Waals surface area (Å²) in [7, 11) is 0. The first-order valence-corrected chi connectivity index (χ1v) is 9.27. The number of fused-ring (bicyclic) bond motifs is 1. The molecule has 25 heavy (non-hydrogen) atoms. The Labute approximate surface area is 153 Å². The Morgan fingerprint density at radius 3 is 2.64 bits per heavy atom.